The lowest BCUT2D eigenvalue weighted by Gasteiger charge is -2.37. The van der Waals surface area contributed by atoms with E-state index in [2.05, 4.69) is 42.2 Å². The molecule has 2 rings (SSSR count). The second-order valence-electron chi connectivity index (χ2n) is 5.12. The van der Waals surface area contributed by atoms with Crippen LogP contribution in [0.4, 0.5) is 0 Å². The molecule has 1 aromatic rings. The maximum atomic E-state index is 6.09. The van der Waals surface area contributed by atoms with Crippen LogP contribution in [0.2, 0.25) is 0 Å². The fourth-order valence-electron chi connectivity index (χ4n) is 2.69. The molecule has 1 aliphatic heterocycles. The third-order valence-corrected chi connectivity index (χ3v) is 4.65. The van der Waals surface area contributed by atoms with Crippen molar-refractivity contribution >= 4 is 11.8 Å². The first-order valence-electron chi connectivity index (χ1n) is 6.95. The maximum absolute atomic E-state index is 6.09. The standard InChI is InChI=1S/C15H24N2S/c1-13(16)15-9-5-6-10-17(15)11-12-18-14-7-3-2-4-8-14/h2-4,7-8,13,15H,5-6,9-12,16H2,1H3. The molecule has 100 valence electrons. The normalized spacial score (nSPS) is 22.9. The lowest BCUT2D eigenvalue weighted by atomic mass is 9.97. The van der Waals surface area contributed by atoms with Gasteiger partial charge in [-0.1, -0.05) is 24.6 Å². The van der Waals surface area contributed by atoms with E-state index in [1.165, 1.54) is 30.7 Å². The van der Waals surface area contributed by atoms with Crippen molar-refractivity contribution in [2.24, 2.45) is 5.73 Å². The Balaban J connectivity index is 1.78. The zero-order valence-electron chi connectivity index (χ0n) is 11.2. The number of hydrogen-bond acceptors (Lipinski definition) is 3. The van der Waals surface area contributed by atoms with E-state index in [0.29, 0.717) is 12.1 Å². The van der Waals surface area contributed by atoms with Gasteiger partial charge in [-0.2, -0.15) is 0 Å². The summed E-state index contributed by atoms with van der Waals surface area (Å²) in [6.45, 7) is 4.53. The van der Waals surface area contributed by atoms with Crippen LogP contribution < -0.4 is 5.73 Å². The van der Waals surface area contributed by atoms with Gasteiger partial charge in [-0.15, -0.1) is 11.8 Å². The smallest absolute Gasteiger partial charge is 0.0244 e. The first-order valence-corrected chi connectivity index (χ1v) is 7.93. The quantitative estimate of drug-likeness (QED) is 0.829. The molecule has 1 heterocycles. The van der Waals surface area contributed by atoms with Crippen LogP contribution in [0.25, 0.3) is 0 Å². The predicted octanol–water partition coefficient (Wildman–Crippen LogP) is 2.98. The van der Waals surface area contributed by atoms with Gasteiger partial charge in [0, 0.05) is 29.3 Å². The van der Waals surface area contributed by atoms with Gasteiger partial charge in [0.25, 0.3) is 0 Å². The molecule has 2 N–H and O–H groups in total. The molecule has 2 atom stereocenters. The average molecular weight is 264 g/mol. The van der Waals surface area contributed by atoms with Crippen LogP contribution in [-0.2, 0) is 0 Å². The summed E-state index contributed by atoms with van der Waals surface area (Å²) >= 11 is 1.95. The molecule has 0 bridgehead atoms. The van der Waals surface area contributed by atoms with Crippen LogP contribution in [0.3, 0.4) is 0 Å². The number of nitrogens with two attached hydrogens (primary N) is 1. The second kappa shape index (κ2) is 7.17. The minimum Gasteiger partial charge on any atom is -0.327 e. The van der Waals surface area contributed by atoms with Crippen molar-refractivity contribution in [1.82, 2.24) is 4.90 Å². The van der Waals surface area contributed by atoms with Crippen molar-refractivity contribution in [3.8, 4) is 0 Å². The van der Waals surface area contributed by atoms with Gasteiger partial charge in [0.05, 0.1) is 0 Å². The van der Waals surface area contributed by atoms with Crippen LogP contribution >= 0.6 is 11.8 Å². The van der Waals surface area contributed by atoms with Gasteiger partial charge in [0.2, 0.25) is 0 Å². The van der Waals surface area contributed by atoms with E-state index in [0.717, 1.165) is 12.3 Å². The molecule has 0 aliphatic carbocycles. The van der Waals surface area contributed by atoms with E-state index in [1.54, 1.807) is 0 Å². The van der Waals surface area contributed by atoms with Crippen molar-refractivity contribution < 1.29 is 0 Å². The largest absolute Gasteiger partial charge is 0.327 e. The summed E-state index contributed by atoms with van der Waals surface area (Å²) in [5.41, 5.74) is 6.09. The highest BCUT2D eigenvalue weighted by Crippen LogP contribution is 2.21. The van der Waals surface area contributed by atoms with E-state index < -0.39 is 0 Å². The lowest BCUT2D eigenvalue weighted by molar-refractivity contribution is 0.139. The number of benzene rings is 1. The van der Waals surface area contributed by atoms with Gasteiger partial charge in [-0.25, -0.2) is 0 Å². The van der Waals surface area contributed by atoms with E-state index in [-0.39, 0.29) is 0 Å². The summed E-state index contributed by atoms with van der Waals surface area (Å²) in [4.78, 5) is 3.95. The molecule has 0 radical (unpaired) electrons. The molecule has 1 aliphatic rings. The van der Waals surface area contributed by atoms with Gasteiger partial charge >= 0.3 is 0 Å². The number of rotatable bonds is 5. The SMILES string of the molecule is CC(N)C1CCCCN1CCSc1ccccc1. The Morgan fingerprint density at radius 2 is 2.11 bits per heavy atom. The first kappa shape index (κ1) is 13.9. The van der Waals surface area contributed by atoms with Gasteiger partial charge in [0.15, 0.2) is 0 Å². The van der Waals surface area contributed by atoms with Crippen LogP contribution in [0.1, 0.15) is 26.2 Å². The topological polar surface area (TPSA) is 29.3 Å². The van der Waals surface area contributed by atoms with Crippen molar-refractivity contribution in [3.05, 3.63) is 30.3 Å². The van der Waals surface area contributed by atoms with E-state index >= 15 is 0 Å². The molecular weight excluding hydrogens is 240 g/mol. The van der Waals surface area contributed by atoms with Crippen LogP contribution in [0.5, 0.6) is 0 Å². The zero-order valence-corrected chi connectivity index (χ0v) is 12.0. The second-order valence-corrected chi connectivity index (χ2v) is 6.29. The van der Waals surface area contributed by atoms with Crippen LogP contribution in [0, 0.1) is 0 Å². The summed E-state index contributed by atoms with van der Waals surface area (Å²) in [6, 6.07) is 11.5. The van der Waals surface area contributed by atoms with Crippen molar-refractivity contribution in [3.63, 3.8) is 0 Å². The zero-order chi connectivity index (χ0) is 12.8. The van der Waals surface area contributed by atoms with Gasteiger partial charge in [0.1, 0.15) is 0 Å². The van der Waals surface area contributed by atoms with Crippen molar-refractivity contribution in [2.75, 3.05) is 18.8 Å². The highest BCUT2D eigenvalue weighted by molar-refractivity contribution is 7.99. The molecule has 0 aromatic heterocycles. The van der Waals surface area contributed by atoms with Gasteiger partial charge < -0.3 is 5.73 Å². The molecule has 2 unspecified atom stereocenters. The number of likely N-dealkylation sites (tertiary alicyclic amines) is 1. The Morgan fingerprint density at radius 3 is 2.83 bits per heavy atom. The highest BCUT2D eigenvalue weighted by Gasteiger charge is 2.24. The molecule has 1 saturated heterocycles. The van der Waals surface area contributed by atoms with Crippen LogP contribution in [0.15, 0.2) is 35.2 Å². The third kappa shape index (κ3) is 4.01. The Morgan fingerprint density at radius 1 is 1.33 bits per heavy atom. The molecule has 0 saturated carbocycles. The minimum atomic E-state index is 0.298. The fourth-order valence-corrected chi connectivity index (χ4v) is 3.60. The molecule has 18 heavy (non-hydrogen) atoms. The predicted molar refractivity (Wildman–Crippen MR) is 80.0 cm³/mol. The van der Waals surface area contributed by atoms with Gasteiger partial charge in [-0.3, -0.25) is 4.90 Å². The Kier molecular flexibility index (Phi) is 5.54. The first-order chi connectivity index (χ1) is 8.77. The molecule has 3 heteroatoms. The van der Waals surface area contributed by atoms with E-state index in [4.69, 9.17) is 5.73 Å². The Bertz CT molecular complexity index is 340. The lowest BCUT2D eigenvalue weighted by Crippen LogP contribution is -2.49. The molecule has 0 spiro atoms. The summed E-state index contributed by atoms with van der Waals surface area (Å²) in [5.74, 6) is 1.16. The minimum absolute atomic E-state index is 0.298. The number of thioether (sulfide) groups is 1. The molecule has 1 aromatic carbocycles. The fraction of sp³-hybridized carbons (Fsp3) is 0.600. The number of hydrogen-bond donors (Lipinski definition) is 1. The van der Waals surface area contributed by atoms with E-state index in [9.17, 15) is 0 Å². The molecular formula is C15H24N2S. The van der Waals surface area contributed by atoms with Gasteiger partial charge in [-0.05, 0) is 38.4 Å². The summed E-state index contributed by atoms with van der Waals surface area (Å²) < 4.78 is 0. The Hall–Kier alpha value is -0.510. The summed E-state index contributed by atoms with van der Waals surface area (Å²) in [6.07, 6.45) is 3.95. The highest BCUT2D eigenvalue weighted by atomic mass is 32.2. The average Bonchev–Trinajstić information content (AvgIpc) is 2.40. The Labute approximate surface area is 115 Å². The van der Waals surface area contributed by atoms with Crippen LogP contribution in [-0.4, -0.2) is 35.8 Å². The molecule has 2 nitrogen and oxygen atoms in total. The third-order valence-electron chi connectivity index (χ3n) is 3.66. The number of piperidine rings is 1. The number of nitrogens with zero attached hydrogens (tertiary/aromatic N) is 1. The van der Waals surface area contributed by atoms with Crippen molar-refractivity contribution in [2.45, 2.75) is 43.2 Å². The molecule has 0 amide bonds. The van der Waals surface area contributed by atoms with Crippen molar-refractivity contribution in [1.29, 1.82) is 0 Å². The monoisotopic (exact) mass is 264 g/mol. The molecule has 1 fully saturated rings. The summed E-state index contributed by atoms with van der Waals surface area (Å²) in [7, 11) is 0. The van der Waals surface area contributed by atoms with E-state index in [1.807, 2.05) is 11.8 Å². The summed E-state index contributed by atoms with van der Waals surface area (Å²) in [5, 5.41) is 0. The maximum Gasteiger partial charge on any atom is 0.0244 e.